The Balaban J connectivity index is 2.59. The summed E-state index contributed by atoms with van der Waals surface area (Å²) in [6, 6.07) is 7.09. The van der Waals surface area contributed by atoms with Crippen molar-refractivity contribution < 1.29 is 9.90 Å². The first kappa shape index (κ1) is 11.7. The van der Waals surface area contributed by atoms with E-state index in [9.17, 15) is 4.79 Å². The zero-order chi connectivity index (χ0) is 11.3. The second-order valence-electron chi connectivity index (χ2n) is 2.93. The van der Waals surface area contributed by atoms with Crippen molar-refractivity contribution in [3.63, 3.8) is 0 Å². The van der Waals surface area contributed by atoms with Gasteiger partial charge >= 0.3 is 0 Å². The van der Waals surface area contributed by atoms with Crippen LogP contribution in [0.3, 0.4) is 0 Å². The van der Waals surface area contributed by atoms with Gasteiger partial charge in [-0.05, 0) is 13.0 Å². The molecule has 0 fully saturated rings. The summed E-state index contributed by atoms with van der Waals surface area (Å²) in [6.07, 6.45) is 0.344. The number of nitrogens with zero attached hydrogens (tertiary/aromatic N) is 1. The highest BCUT2D eigenvalue weighted by atomic mass is 35.5. The van der Waals surface area contributed by atoms with Gasteiger partial charge in [0, 0.05) is 10.6 Å². The minimum absolute atomic E-state index is 0.549. The lowest BCUT2D eigenvalue weighted by Crippen LogP contribution is -2.28. The number of rotatable bonds is 3. The molecule has 0 aromatic heterocycles. The van der Waals surface area contributed by atoms with Crippen molar-refractivity contribution in [3.8, 4) is 0 Å². The van der Waals surface area contributed by atoms with Crippen LogP contribution in [0.4, 0.5) is 0 Å². The van der Waals surface area contributed by atoms with E-state index < -0.39 is 12.0 Å². The van der Waals surface area contributed by atoms with Crippen LogP contribution in [0.2, 0.25) is 5.02 Å². The van der Waals surface area contributed by atoms with E-state index in [1.807, 2.05) is 6.07 Å². The molecular formula is C10H11ClN2O2. The van der Waals surface area contributed by atoms with Crippen LogP contribution in [-0.4, -0.2) is 23.3 Å². The molecule has 0 saturated heterocycles. The van der Waals surface area contributed by atoms with Crippen molar-refractivity contribution >= 4 is 23.7 Å². The summed E-state index contributed by atoms with van der Waals surface area (Å²) in [5, 5.41) is 13.1. The molecule has 5 heteroatoms. The molecule has 0 aliphatic rings. The third-order valence-corrected chi connectivity index (χ3v) is 2.01. The summed E-state index contributed by atoms with van der Waals surface area (Å²) in [6.45, 7) is 1.36. The predicted molar refractivity (Wildman–Crippen MR) is 58.9 cm³/mol. The molecule has 80 valence electrons. The van der Waals surface area contributed by atoms with Gasteiger partial charge in [-0.1, -0.05) is 29.8 Å². The molecule has 0 aliphatic heterocycles. The molecule has 1 unspecified atom stereocenters. The Morgan fingerprint density at radius 1 is 1.60 bits per heavy atom. The zero-order valence-corrected chi connectivity index (χ0v) is 8.90. The topological polar surface area (TPSA) is 61.7 Å². The van der Waals surface area contributed by atoms with Crippen molar-refractivity contribution in [3.05, 3.63) is 34.9 Å². The first-order valence-corrected chi connectivity index (χ1v) is 4.74. The molecule has 4 nitrogen and oxygen atoms in total. The Labute approximate surface area is 92.6 Å². The van der Waals surface area contributed by atoms with E-state index in [0.29, 0.717) is 10.6 Å². The molecule has 0 saturated carbocycles. The van der Waals surface area contributed by atoms with E-state index in [4.69, 9.17) is 16.7 Å². The standard InChI is InChI=1S/C10H11ClN2O2/c1-7(14)10(15)13-12-6-8-4-2-3-5-9(8)11/h2-7,14H,1H3,(H,13,15). The maximum atomic E-state index is 10.9. The van der Waals surface area contributed by atoms with Gasteiger partial charge in [-0.3, -0.25) is 4.79 Å². The number of hydrazone groups is 1. The smallest absolute Gasteiger partial charge is 0.268 e. The number of benzene rings is 1. The van der Waals surface area contributed by atoms with Gasteiger partial charge in [0.2, 0.25) is 0 Å². The number of carbonyl (C=O) groups is 1. The fourth-order valence-corrected chi connectivity index (χ4v) is 1.02. The van der Waals surface area contributed by atoms with E-state index in [0.717, 1.165) is 0 Å². The fourth-order valence-electron chi connectivity index (χ4n) is 0.839. The number of hydrogen-bond acceptors (Lipinski definition) is 3. The summed E-state index contributed by atoms with van der Waals surface area (Å²) >= 11 is 5.85. The zero-order valence-electron chi connectivity index (χ0n) is 8.14. The first-order valence-electron chi connectivity index (χ1n) is 4.37. The predicted octanol–water partition coefficient (Wildman–Crippen LogP) is 1.17. The third-order valence-electron chi connectivity index (χ3n) is 1.66. The first-order chi connectivity index (χ1) is 7.11. The highest BCUT2D eigenvalue weighted by Gasteiger charge is 2.05. The summed E-state index contributed by atoms with van der Waals surface area (Å²) in [5.74, 6) is -0.557. The lowest BCUT2D eigenvalue weighted by molar-refractivity contribution is -0.128. The van der Waals surface area contributed by atoms with Crippen molar-refractivity contribution in [2.45, 2.75) is 13.0 Å². The van der Waals surface area contributed by atoms with E-state index in [-0.39, 0.29) is 0 Å². The van der Waals surface area contributed by atoms with Crippen LogP contribution < -0.4 is 5.43 Å². The number of hydrogen-bond donors (Lipinski definition) is 2. The van der Waals surface area contributed by atoms with E-state index in [2.05, 4.69) is 10.5 Å². The average Bonchev–Trinajstić information content (AvgIpc) is 2.20. The molecule has 0 bridgehead atoms. The second-order valence-corrected chi connectivity index (χ2v) is 3.34. The summed E-state index contributed by atoms with van der Waals surface area (Å²) in [4.78, 5) is 10.9. The lowest BCUT2D eigenvalue weighted by atomic mass is 10.2. The normalized spacial score (nSPS) is 12.7. The Hall–Kier alpha value is -1.39. The third kappa shape index (κ3) is 3.69. The van der Waals surface area contributed by atoms with Crippen LogP contribution in [0.1, 0.15) is 12.5 Å². The van der Waals surface area contributed by atoms with Gasteiger partial charge in [0.15, 0.2) is 0 Å². The molecular weight excluding hydrogens is 216 g/mol. The molecule has 0 spiro atoms. The summed E-state index contributed by atoms with van der Waals surface area (Å²) in [7, 11) is 0. The van der Waals surface area contributed by atoms with Gasteiger partial charge in [-0.2, -0.15) is 5.10 Å². The number of amides is 1. The molecule has 0 heterocycles. The fraction of sp³-hybridized carbons (Fsp3) is 0.200. The largest absolute Gasteiger partial charge is 0.383 e. The van der Waals surface area contributed by atoms with Crippen LogP contribution in [0.25, 0.3) is 0 Å². The number of aliphatic hydroxyl groups excluding tert-OH is 1. The van der Waals surface area contributed by atoms with Gasteiger partial charge < -0.3 is 5.11 Å². The van der Waals surface area contributed by atoms with Gasteiger partial charge in [0.25, 0.3) is 5.91 Å². The number of carbonyl (C=O) groups excluding carboxylic acids is 1. The highest BCUT2D eigenvalue weighted by Crippen LogP contribution is 2.11. The van der Waals surface area contributed by atoms with Crippen LogP contribution >= 0.6 is 11.6 Å². The molecule has 0 aliphatic carbocycles. The molecule has 1 amide bonds. The number of aliphatic hydroxyl groups is 1. The number of halogens is 1. The molecule has 1 atom stereocenters. The van der Waals surface area contributed by atoms with Crippen molar-refractivity contribution in [2.75, 3.05) is 0 Å². The maximum absolute atomic E-state index is 10.9. The second kappa shape index (κ2) is 5.48. The molecule has 1 rings (SSSR count). The van der Waals surface area contributed by atoms with Crippen LogP contribution in [-0.2, 0) is 4.79 Å². The molecule has 15 heavy (non-hydrogen) atoms. The molecule has 1 aromatic carbocycles. The highest BCUT2D eigenvalue weighted by molar-refractivity contribution is 6.33. The van der Waals surface area contributed by atoms with Gasteiger partial charge in [0.05, 0.1) is 6.21 Å². The minimum atomic E-state index is -1.08. The Morgan fingerprint density at radius 2 is 2.27 bits per heavy atom. The monoisotopic (exact) mass is 226 g/mol. The Bertz CT molecular complexity index is 377. The van der Waals surface area contributed by atoms with Crippen molar-refractivity contribution in [1.29, 1.82) is 0 Å². The maximum Gasteiger partial charge on any atom is 0.268 e. The van der Waals surface area contributed by atoms with Gasteiger partial charge in [0.1, 0.15) is 6.10 Å². The molecule has 2 N–H and O–H groups in total. The van der Waals surface area contributed by atoms with Crippen molar-refractivity contribution in [2.24, 2.45) is 5.10 Å². The number of nitrogens with one attached hydrogen (secondary N) is 1. The van der Waals surface area contributed by atoms with E-state index in [1.54, 1.807) is 18.2 Å². The van der Waals surface area contributed by atoms with Gasteiger partial charge in [-0.25, -0.2) is 5.43 Å². The van der Waals surface area contributed by atoms with Crippen molar-refractivity contribution in [1.82, 2.24) is 5.43 Å². The SMILES string of the molecule is CC(O)C(=O)NN=Cc1ccccc1Cl. The van der Waals surface area contributed by atoms with E-state index >= 15 is 0 Å². The summed E-state index contributed by atoms with van der Waals surface area (Å²) in [5.41, 5.74) is 2.88. The summed E-state index contributed by atoms with van der Waals surface area (Å²) < 4.78 is 0. The minimum Gasteiger partial charge on any atom is -0.383 e. The van der Waals surface area contributed by atoms with Crippen LogP contribution in [0.15, 0.2) is 29.4 Å². The van der Waals surface area contributed by atoms with E-state index in [1.165, 1.54) is 13.1 Å². The lowest BCUT2D eigenvalue weighted by Gasteiger charge is -2.01. The average molecular weight is 227 g/mol. The van der Waals surface area contributed by atoms with Gasteiger partial charge in [-0.15, -0.1) is 0 Å². The quantitative estimate of drug-likeness (QED) is 0.600. The molecule has 0 radical (unpaired) electrons. The Morgan fingerprint density at radius 3 is 2.87 bits per heavy atom. The molecule has 1 aromatic rings. The van der Waals surface area contributed by atoms with Crippen LogP contribution in [0, 0.1) is 0 Å². The Kier molecular flexibility index (Phi) is 4.27. The van der Waals surface area contributed by atoms with Crippen LogP contribution in [0.5, 0.6) is 0 Å².